The van der Waals surface area contributed by atoms with Gasteiger partial charge in [0.15, 0.2) is 0 Å². The van der Waals surface area contributed by atoms with Crippen LogP contribution in [0.25, 0.3) is 0 Å². The maximum absolute atomic E-state index is 13.5. The van der Waals surface area contributed by atoms with Crippen molar-refractivity contribution >= 4 is 27.3 Å². The molecule has 166 valence electrons. The third-order valence-electron chi connectivity index (χ3n) is 6.06. The van der Waals surface area contributed by atoms with E-state index in [4.69, 9.17) is 0 Å². The molecule has 8 heteroatoms. The fourth-order valence-electron chi connectivity index (χ4n) is 4.15. The average molecular weight is 443 g/mol. The summed E-state index contributed by atoms with van der Waals surface area (Å²) >= 11 is 0. The second kappa shape index (κ2) is 9.28. The molecule has 2 heterocycles. The van der Waals surface area contributed by atoms with Crippen LogP contribution in [0.2, 0.25) is 0 Å². The van der Waals surface area contributed by atoms with E-state index in [1.165, 1.54) is 0 Å². The van der Waals surface area contributed by atoms with Gasteiger partial charge in [0, 0.05) is 50.6 Å². The molecule has 2 fully saturated rings. The van der Waals surface area contributed by atoms with E-state index >= 15 is 0 Å². The van der Waals surface area contributed by atoms with Gasteiger partial charge in [-0.15, -0.1) is 0 Å². The first-order chi connectivity index (χ1) is 14.9. The molecular weight excluding hydrogens is 412 g/mol. The van der Waals surface area contributed by atoms with E-state index < -0.39 is 10.0 Å². The Kier molecular flexibility index (Phi) is 6.48. The molecule has 2 aliphatic rings. The highest BCUT2D eigenvalue weighted by atomic mass is 32.2. The number of carbonyl (C=O) groups excluding carboxylic acids is 1. The lowest BCUT2D eigenvalue weighted by Gasteiger charge is -2.34. The van der Waals surface area contributed by atoms with Gasteiger partial charge in [-0.25, -0.2) is 8.42 Å². The van der Waals surface area contributed by atoms with Gasteiger partial charge in [0.25, 0.3) is 15.9 Å². The number of piperazine rings is 1. The summed E-state index contributed by atoms with van der Waals surface area (Å²) in [6.07, 6.45) is 1.99. The van der Waals surface area contributed by atoms with Gasteiger partial charge in [-0.1, -0.05) is 25.1 Å². The number of piperidine rings is 1. The lowest BCUT2D eigenvalue weighted by atomic mass is 9.98. The number of rotatable bonds is 5. The Bertz CT molecular complexity index is 1010. The molecule has 0 atom stereocenters. The van der Waals surface area contributed by atoms with E-state index in [-0.39, 0.29) is 10.8 Å². The first-order valence-electron chi connectivity index (χ1n) is 10.9. The molecule has 2 aromatic carbocycles. The lowest BCUT2D eigenvalue weighted by Crippen LogP contribution is -2.45. The van der Waals surface area contributed by atoms with Crippen molar-refractivity contribution in [3.05, 3.63) is 54.1 Å². The minimum atomic E-state index is -3.72. The van der Waals surface area contributed by atoms with Crippen molar-refractivity contribution in [2.24, 2.45) is 5.92 Å². The van der Waals surface area contributed by atoms with Crippen LogP contribution >= 0.6 is 0 Å². The minimum absolute atomic E-state index is 0.0267. The summed E-state index contributed by atoms with van der Waals surface area (Å²) in [5.41, 5.74) is 1.83. The van der Waals surface area contributed by atoms with Crippen LogP contribution in [0.3, 0.4) is 0 Å². The lowest BCUT2D eigenvalue weighted by molar-refractivity contribution is 0.0698. The molecule has 2 aromatic rings. The number of anilines is 2. The Morgan fingerprint density at radius 1 is 1.00 bits per heavy atom. The fraction of sp³-hybridized carbons (Fsp3) is 0.435. The van der Waals surface area contributed by atoms with Gasteiger partial charge >= 0.3 is 0 Å². The third-order valence-corrected chi connectivity index (χ3v) is 7.46. The first kappa shape index (κ1) is 21.6. The van der Waals surface area contributed by atoms with Crippen LogP contribution < -0.4 is 14.9 Å². The van der Waals surface area contributed by atoms with Crippen LogP contribution in [0.4, 0.5) is 11.4 Å². The second-order valence-electron chi connectivity index (χ2n) is 8.36. The normalized spacial score (nSPS) is 18.1. The van der Waals surface area contributed by atoms with E-state index in [9.17, 15) is 13.2 Å². The maximum Gasteiger partial charge on any atom is 0.261 e. The van der Waals surface area contributed by atoms with Crippen molar-refractivity contribution in [2.75, 3.05) is 48.9 Å². The number of nitrogens with zero attached hydrogens (tertiary/aromatic N) is 2. The van der Waals surface area contributed by atoms with E-state index in [0.717, 1.165) is 57.8 Å². The number of amides is 1. The predicted molar refractivity (Wildman–Crippen MR) is 123 cm³/mol. The standard InChI is InChI=1S/C23H30N4O3S/c1-18-9-13-27(14-10-18)23(28)21-17-19(7-8-22(21)26-15-11-24-12-16-26)25-31(29,30)20-5-3-2-4-6-20/h2-8,17-18,24-25H,9-16H2,1H3. The summed E-state index contributed by atoms with van der Waals surface area (Å²) in [6, 6.07) is 13.6. The zero-order valence-electron chi connectivity index (χ0n) is 17.9. The SMILES string of the molecule is CC1CCN(C(=O)c2cc(NS(=O)(=O)c3ccccc3)ccc2N2CCNCC2)CC1. The van der Waals surface area contributed by atoms with E-state index in [2.05, 4.69) is 21.9 Å². The van der Waals surface area contributed by atoms with Gasteiger partial charge in [0.1, 0.15) is 0 Å². The molecule has 0 radical (unpaired) electrons. The van der Waals surface area contributed by atoms with E-state index in [1.54, 1.807) is 42.5 Å². The maximum atomic E-state index is 13.5. The van der Waals surface area contributed by atoms with Gasteiger partial charge in [-0.2, -0.15) is 0 Å². The first-order valence-corrected chi connectivity index (χ1v) is 12.4. The summed E-state index contributed by atoms with van der Waals surface area (Å²) in [5, 5.41) is 3.33. The van der Waals surface area contributed by atoms with Crippen LogP contribution in [0.15, 0.2) is 53.4 Å². The Morgan fingerprint density at radius 3 is 2.35 bits per heavy atom. The number of hydrogen-bond donors (Lipinski definition) is 2. The number of hydrogen-bond acceptors (Lipinski definition) is 5. The Labute approximate surface area is 184 Å². The molecule has 2 aliphatic heterocycles. The fourth-order valence-corrected chi connectivity index (χ4v) is 5.22. The van der Waals surface area contributed by atoms with Gasteiger partial charge in [-0.05, 0) is 49.1 Å². The molecule has 1 amide bonds. The minimum Gasteiger partial charge on any atom is -0.368 e. The Balaban J connectivity index is 1.65. The van der Waals surface area contributed by atoms with Gasteiger partial charge in [0.05, 0.1) is 10.5 Å². The van der Waals surface area contributed by atoms with Crippen molar-refractivity contribution in [1.29, 1.82) is 0 Å². The molecule has 0 aromatic heterocycles. The molecule has 0 unspecified atom stereocenters. The number of likely N-dealkylation sites (tertiary alicyclic amines) is 1. The Morgan fingerprint density at radius 2 is 1.68 bits per heavy atom. The van der Waals surface area contributed by atoms with Crippen LogP contribution in [-0.2, 0) is 10.0 Å². The van der Waals surface area contributed by atoms with Crippen LogP contribution in [0.5, 0.6) is 0 Å². The van der Waals surface area contributed by atoms with E-state index in [1.807, 2.05) is 11.0 Å². The largest absolute Gasteiger partial charge is 0.368 e. The zero-order chi connectivity index (χ0) is 21.8. The van der Waals surface area contributed by atoms with Gasteiger partial charge in [-0.3, -0.25) is 9.52 Å². The monoisotopic (exact) mass is 442 g/mol. The van der Waals surface area contributed by atoms with Gasteiger partial charge < -0.3 is 15.1 Å². The Hall–Kier alpha value is -2.58. The highest BCUT2D eigenvalue weighted by molar-refractivity contribution is 7.92. The number of sulfonamides is 1. The summed E-state index contributed by atoms with van der Waals surface area (Å²) in [4.78, 5) is 17.8. The molecule has 31 heavy (non-hydrogen) atoms. The van der Waals surface area contributed by atoms with Crippen molar-refractivity contribution in [1.82, 2.24) is 10.2 Å². The molecule has 7 nitrogen and oxygen atoms in total. The third kappa shape index (κ3) is 5.02. The summed E-state index contributed by atoms with van der Waals surface area (Å²) in [7, 11) is -3.72. The molecule has 0 spiro atoms. The second-order valence-corrected chi connectivity index (χ2v) is 10.0. The number of benzene rings is 2. The zero-order valence-corrected chi connectivity index (χ0v) is 18.7. The van der Waals surface area contributed by atoms with Crippen molar-refractivity contribution in [2.45, 2.75) is 24.7 Å². The van der Waals surface area contributed by atoms with Crippen LogP contribution in [0, 0.1) is 5.92 Å². The van der Waals surface area contributed by atoms with Crippen molar-refractivity contribution in [3.8, 4) is 0 Å². The molecule has 2 saturated heterocycles. The van der Waals surface area contributed by atoms with Gasteiger partial charge in [0.2, 0.25) is 0 Å². The smallest absolute Gasteiger partial charge is 0.261 e. The molecule has 0 bridgehead atoms. The molecular formula is C23H30N4O3S. The molecule has 4 rings (SSSR count). The molecule has 0 saturated carbocycles. The highest BCUT2D eigenvalue weighted by Gasteiger charge is 2.26. The summed E-state index contributed by atoms with van der Waals surface area (Å²) < 4.78 is 28.2. The van der Waals surface area contributed by atoms with Crippen molar-refractivity contribution in [3.63, 3.8) is 0 Å². The number of nitrogens with one attached hydrogen (secondary N) is 2. The van der Waals surface area contributed by atoms with Crippen LogP contribution in [0.1, 0.15) is 30.1 Å². The average Bonchev–Trinajstić information content (AvgIpc) is 2.80. The molecule has 2 N–H and O–H groups in total. The summed E-state index contributed by atoms with van der Waals surface area (Å²) in [5.74, 6) is 0.599. The highest BCUT2D eigenvalue weighted by Crippen LogP contribution is 2.29. The predicted octanol–water partition coefficient (Wildman–Crippen LogP) is 2.77. The molecule has 0 aliphatic carbocycles. The summed E-state index contributed by atoms with van der Waals surface area (Å²) in [6.45, 7) is 7.03. The topological polar surface area (TPSA) is 81.8 Å². The quantitative estimate of drug-likeness (QED) is 0.744. The van der Waals surface area contributed by atoms with E-state index in [0.29, 0.717) is 17.2 Å². The van der Waals surface area contributed by atoms with Crippen molar-refractivity contribution < 1.29 is 13.2 Å². The number of carbonyl (C=O) groups is 1. The van der Waals surface area contributed by atoms with Crippen LogP contribution in [-0.4, -0.2) is 58.5 Å².